The second-order valence-electron chi connectivity index (χ2n) is 4.95. The number of nitrogens with one attached hydrogen (secondary N) is 1. The first-order chi connectivity index (χ1) is 9.11. The van der Waals surface area contributed by atoms with E-state index < -0.39 is 0 Å². The normalized spacial score (nSPS) is 16.2. The maximum Gasteiger partial charge on any atom is 0.251 e. The summed E-state index contributed by atoms with van der Waals surface area (Å²) in [6.07, 6.45) is 4.22. The zero-order valence-corrected chi connectivity index (χ0v) is 11.8. The summed E-state index contributed by atoms with van der Waals surface area (Å²) in [6, 6.07) is 4.51. The fourth-order valence-corrected chi connectivity index (χ4v) is 2.52. The summed E-state index contributed by atoms with van der Waals surface area (Å²) in [4.78, 5) is 12.0. The number of carbonyl (C=O) groups excluding carboxylic acids is 1. The van der Waals surface area contributed by atoms with Crippen molar-refractivity contribution < 1.29 is 9.18 Å². The topological polar surface area (TPSA) is 55.1 Å². The van der Waals surface area contributed by atoms with Gasteiger partial charge in [0, 0.05) is 23.9 Å². The third kappa shape index (κ3) is 3.94. The van der Waals surface area contributed by atoms with Crippen molar-refractivity contribution in [2.45, 2.75) is 24.6 Å². The molecule has 1 aromatic rings. The van der Waals surface area contributed by atoms with Crippen LogP contribution in [0.25, 0.3) is 0 Å². The molecule has 19 heavy (non-hydrogen) atoms. The lowest BCUT2D eigenvalue weighted by atomic mass is 10.1. The van der Waals surface area contributed by atoms with E-state index in [9.17, 15) is 9.18 Å². The van der Waals surface area contributed by atoms with Crippen LogP contribution in [-0.2, 0) is 5.75 Å². The van der Waals surface area contributed by atoms with Crippen LogP contribution >= 0.6 is 11.8 Å². The predicted molar refractivity (Wildman–Crippen MR) is 76.7 cm³/mol. The van der Waals surface area contributed by atoms with E-state index in [0.717, 1.165) is 12.8 Å². The number of thioether (sulfide) groups is 1. The van der Waals surface area contributed by atoms with E-state index in [1.807, 2.05) is 6.26 Å². The van der Waals surface area contributed by atoms with Gasteiger partial charge in [-0.2, -0.15) is 11.8 Å². The van der Waals surface area contributed by atoms with E-state index in [0.29, 0.717) is 29.3 Å². The van der Waals surface area contributed by atoms with Crippen LogP contribution in [-0.4, -0.2) is 24.7 Å². The highest BCUT2D eigenvalue weighted by atomic mass is 32.2. The largest absolute Gasteiger partial charge is 0.350 e. The van der Waals surface area contributed by atoms with Gasteiger partial charge in [0.25, 0.3) is 5.91 Å². The summed E-state index contributed by atoms with van der Waals surface area (Å²) in [5.74, 6) is 0.675. The molecular formula is C14H19FN2OS. The fourth-order valence-electron chi connectivity index (χ4n) is 1.99. The lowest BCUT2D eigenvalue weighted by molar-refractivity contribution is 0.0950. The summed E-state index contributed by atoms with van der Waals surface area (Å²) in [7, 11) is 0. The summed E-state index contributed by atoms with van der Waals surface area (Å²) in [6.45, 7) is 0.485. The number of halogens is 1. The first-order valence-corrected chi connectivity index (χ1v) is 7.82. The Balaban J connectivity index is 1.95. The first-order valence-electron chi connectivity index (χ1n) is 6.43. The molecule has 1 saturated carbocycles. The van der Waals surface area contributed by atoms with Gasteiger partial charge in [-0.05, 0) is 48.8 Å². The number of benzene rings is 1. The maximum atomic E-state index is 13.5. The molecule has 1 fully saturated rings. The number of rotatable bonds is 6. The zero-order valence-electron chi connectivity index (χ0n) is 11.0. The van der Waals surface area contributed by atoms with Crippen LogP contribution in [0.4, 0.5) is 4.39 Å². The zero-order chi connectivity index (χ0) is 13.8. The Morgan fingerprint density at radius 1 is 1.58 bits per heavy atom. The molecule has 0 saturated heterocycles. The van der Waals surface area contributed by atoms with Crippen molar-refractivity contribution in [2.24, 2.45) is 11.7 Å². The summed E-state index contributed by atoms with van der Waals surface area (Å²) < 4.78 is 13.5. The number of nitrogens with two attached hydrogens (primary N) is 1. The third-order valence-corrected chi connectivity index (χ3v) is 3.93. The van der Waals surface area contributed by atoms with Crippen LogP contribution in [0, 0.1) is 11.7 Å². The average molecular weight is 282 g/mol. The van der Waals surface area contributed by atoms with Crippen LogP contribution in [0.2, 0.25) is 0 Å². The number of amides is 1. The molecule has 1 atom stereocenters. The standard InChI is InChI=1S/C14H19FN2OS/c1-19-8-11-6-10(4-5-12(11)15)14(18)17-7-13(16)9-2-3-9/h4-6,9,13H,2-3,7-8,16H2,1H3,(H,17,18). The van der Waals surface area contributed by atoms with E-state index in [1.54, 1.807) is 6.07 Å². The van der Waals surface area contributed by atoms with Gasteiger partial charge in [0.2, 0.25) is 0 Å². The van der Waals surface area contributed by atoms with Crippen molar-refractivity contribution in [3.05, 3.63) is 35.1 Å². The van der Waals surface area contributed by atoms with Crippen LogP contribution in [0.5, 0.6) is 0 Å². The Bertz CT molecular complexity index is 463. The van der Waals surface area contributed by atoms with Crippen molar-refractivity contribution in [3.63, 3.8) is 0 Å². The van der Waals surface area contributed by atoms with Gasteiger partial charge >= 0.3 is 0 Å². The maximum absolute atomic E-state index is 13.5. The molecule has 0 radical (unpaired) electrons. The van der Waals surface area contributed by atoms with Crippen molar-refractivity contribution in [1.82, 2.24) is 5.32 Å². The molecule has 0 aromatic heterocycles. The van der Waals surface area contributed by atoms with Crippen LogP contribution in [0.15, 0.2) is 18.2 Å². The van der Waals surface area contributed by atoms with E-state index >= 15 is 0 Å². The van der Waals surface area contributed by atoms with Crippen LogP contribution in [0.3, 0.4) is 0 Å². The molecule has 1 aliphatic carbocycles. The van der Waals surface area contributed by atoms with E-state index in [-0.39, 0.29) is 17.8 Å². The molecule has 3 N–H and O–H groups in total. The van der Waals surface area contributed by atoms with Gasteiger partial charge in [0.1, 0.15) is 5.82 Å². The second kappa shape index (κ2) is 6.39. The molecule has 0 spiro atoms. The van der Waals surface area contributed by atoms with Gasteiger partial charge in [-0.3, -0.25) is 4.79 Å². The highest BCUT2D eigenvalue weighted by Gasteiger charge is 2.28. The second-order valence-corrected chi connectivity index (χ2v) is 5.82. The minimum absolute atomic E-state index is 0.0371. The highest BCUT2D eigenvalue weighted by Crippen LogP contribution is 2.31. The number of carbonyl (C=O) groups is 1. The number of hydrogen-bond acceptors (Lipinski definition) is 3. The lowest BCUT2D eigenvalue weighted by Crippen LogP contribution is -2.38. The summed E-state index contributed by atoms with van der Waals surface area (Å²) >= 11 is 1.53. The molecule has 0 aliphatic heterocycles. The van der Waals surface area contributed by atoms with Gasteiger partial charge in [0.05, 0.1) is 0 Å². The summed E-state index contributed by atoms with van der Waals surface area (Å²) in [5, 5.41) is 2.82. The molecule has 1 aliphatic rings. The summed E-state index contributed by atoms with van der Waals surface area (Å²) in [5.41, 5.74) is 6.98. The molecule has 1 aromatic carbocycles. The van der Waals surface area contributed by atoms with Gasteiger partial charge in [-0.1, -0.05) is 0 Å². The number of hydrogen-bond donors (Lipinski definition) is 2. The molecule has 1 amide bonds. The minimum atomic E-state index is -0.263. The molecule has 5 heteroatoms. The van der Waals surface area contributed by atoms with Gasteiger partial charge in [-0.25, -0.2) is 4.39 Å². The van der Waals surface area contributed by atoms with Crippen molar-refractivity contribution in [1.29, 1.82) is 0 Å². The Morgan fingerprint density at radius 2 is 2.32 bits per heavy atom. The molecule has 0 bridgehead atoms. The molecule has 104 valence electrons. The third-order valence-electron chi connectivity index (χ3n) is 3.33. The van der Waals surface area contributed by atoms with Gasteiger partial charge in [-0.15, -0.1) is 0 Å². The Morgan fingerprint density at radius 3 is 2.95 bits per heavy atom. The predicted octanol–water partition coefficient (Wildman–Crippen LogP) is 2.16. The van der Waals surface area contributed by atoms with Crippen molar-refractivity contribution in [2.75, 3.05) is 12.8 Å². The van der Waals surface area contributed by atoms with E-state index in [4.69, 9.17) is 5.73 Å². The molecule has 0 heterocycles. The van der Waals surface area contributed by atoms with E-state index in [2.05, 4.69) is 5.32 Å². The first kappa shape index (κ1) is 14.3. The van der Waals surface area contributed by atoms with Crippen molar-refractivity contribution in [3.8, 4) is 0 Å². The molecule has 3 nitrogen and oxygen atoms in total. The Kier molecular flexibility index (Phi) is 4.82. The minimum Gasteiger partial charge on any atom is -0.350 e. The van der Waals surface area contributed by atoms with E-state index in [1.165, 1.54) is 23.9 Å². The average Bonchev–Trinajstić information content (AvgIpc) is 3.22. The van der Waals surface area contributed by atoms with Crippen LogP contribution < -0.4 is 11.1 Å². The Labute approximate surface area is 117 Å². The van der Waals surface area contributed by atoms with Crippen molar-refractivity contribution >= 4 is 17.7 Å². The van der Waals surface area contributed by atoms with Gasteiger partial charge < -0.3 is 11.1 Å². The molecule has 1 unspecified atom stereocenters. The SMILES string of the molecule is CSCc1cc(C(=O)NCC(N)C2CC2)ccc1F. The Hall–Kier alpha value is -1.07. The quantitative estimate of drug-likeness (QED) is 0.840. The molecular weight excluding hydrogens is 263 g/mol. The smallest absolute Gasteiger partial charge is 0.251 e. The van der Waals surface area contributed by atoms with Gasteiger partial charge in [0.15, 0.2) is 0 Å². The molecule has 2 rings (SSSR count). The lowest BCUT2D eigenvalue weighted by Gasteiger charge is -2.12. The van der Waals surface area contributed by atoms with Crippen LogP contribution in [0.1, 0.15) is 28.8 Å². The highest BCUT2D eigenvalue weighted by molar-refractivity contribution is 7.97. The monoisotopic (exact) mass is 282 g/mol. The fraction of sp³-hybridized carbons (Fsp3) is 0.500.